The van der Waals surface area contributed by atoms with E-state index >= 15 is 0 Å². The summed E-state index contributed by atoms with van der Waals surface area (Å²) < 4.78 is 5.11. The zero-order valence-electron chi connectivity index (χ0n) is 4.87. The fourth-order valence-corrected chi connectivity index (χ4v) is 0.905. The number of fused-ring (bicyclic) bond motifs is 1. The van der Waals surface area contributed by atoms with Crippen LogP contribution in [-0.4, -0.2) is 4.98 Å². The van der Waals surface area contributed by atoms with E-state index in [0.29, 0.717) is 0 Å². The third-order valence-corrected chi connectivity index (χ3v) is 1.38. The molecule has 0 unspecified atom stereocenters. The first-order valence-electron chi connectivity index (χ1n) is 2.88. The molecule has 0 bridgehead atoms. The van der Waals surface area contributed by atoms with E-state index in [1.54, 1.807) is 19.0 Å². The molecule has 2 rings (SSSR count). The van der Waals surface area contributed by atoms with Gasteiger partial charge < -0.3 is 4.74 Å². The topological polar surface area (TPSA) is 22.1 Å². The molecule has 2 heteroatoms. The summed E-state index contributed by atoms with van der Waals surface area (Å²) in [6, 6.07) is 1.97. The molecule has 1 radical (unpaired) electrons. The third-order valence-electron chi connectivity index (χ3n) is 1.38. The Balaban J connectivity index is 2.54. The van der Waals surface area contributed by atoms with Crippen molar-refractivity contribution in [1.29, 1.82) is 0 Å². The lowest BCUT2D eigenvalue weighted by molar-refractivity contribution is 0.433. The standard InChI is InChI=1S/C7H6NO/c1-3-8-5-7-6(1)2-4-9-7/h1,3-5H,2H2. The minimum absolute atomic E-state index is 0.900. The monoisotopic (exact) mass is 120 g/mol. The molecule has 0 saturated heterocycles. The molecule has 0 aromatic carbocycles. The number of rotatable bonds is 0. The van der Waals surface area contributed by atoms with Gasteiger partial charge in [-0.2, -0.15) is 0 Å². The molecule has 1 aromatic rings. The van der Waals surface area contributed by atoms with Crippen LogP contribution < -0.4 is 4.74 Å². The van der Waals surface area contributed by atoms with Gasteiger partial charge in [-0.05, 0) is 6.07 Å². The van der Waals surface area contributed by atoms with E-state index in [1.165, 1.54) is 5.56 Å². The molecule has 0 N–H and O–H groups in total. The second kappa shape index (κ2) is 1.72. The number of hydrogen-bond acceptors (Lipinski definition) is 2. The van der Waals surface area contributed by atoms with Crippen molar-refractivity contribution in [2.24, 2.45) is 0 Å². The summed E-state index contributed by atoms with van der Waals surface area (Å²) in [6.45, 7) is 1.78. The molecule has 0 aliphatic carbocycles. The van der Waals surface area contributed by atoms with Crippen molar-refractivity contribution in [2.75, 3.05) is 0 Å². The van der Waals surface area contributed by atoms with Crippen LogP contribution in [0.4, 0.5) is 0 Å². The SMILES string of the molecule is [CH]1Cc2ccncc2O1. The summed E-state index contributed by atoms with van der Waals surface area (Å²) in [6.07, 6.45) is 4.43. The Morgan fingerprint density at radius 1 is 1.56 bits per heavy atom. The maximum absolute atomic E-state index is 5.11. The fraction of sp³-hybridized carbons (Fsp3) is 0.143. The van der Waals surface area contributed by atoms with E-state index < -0.39 is 0 Å². The lowest BCUT2D eigenvalue weighted by atomic mass is 10.2. The zero-order valence-corrected chi connectivity index (χ0v) is 4.87. The van der Waals surface area contributed by atoms with Crippen LogP contribution in [0.3, 0.4) is 0 Å². The van der Waals surface area contributed by atoms with Crippen LogP contribution in [0, 0.1) is 6.61 Å². The Hall–Kier alpha value is -1.05. The second-order valence-electron chi connectivity index (χ2n) is 1.97. The highest BCUT2D eigenvalue weighted by molar-refractivity contribution is 5.34. The van der Waals surface area contributed by atoms with E-state index in [4.69, 9.17) is 4.74 Å². The molecule has 0 fully saturated rings. The maximum atomic E-state index is 5.11. The second-order valence-corrected chi connectivity index (χ2v) is 1.97. The lowest BCUT2D eigenvalue weighted by Crippen LogP contribution is -1.77. The molecular weight excluding hydrogens is 114 g/mol. The van der Waals surface area contributed by atoms with Crippen LogP contribution in [-0.2, 0) is 6.42 Å². The highest BCUT2D eigenvalue weighted by atomic mass is 16.5. The number of nitrogens with zero attached hydrogens (tertiary/aromatic N) is 1. The van der Waals surface area contributed by atoms with Crippen LogP contribution in [0.25, 0.3) is 0 Å². The van der Waals surface area contributed by atoms with Crippen molar-refractivity contribution < 1.29 is 4.74 Å². The Kier molecular flexibility index (Phi) is 0.918. The summed E-state index contributed by atoms with van der Waals surface area (Å²) in [7, 11) is 0. The molecule has 1 aliphatic heterocycles. The van der Waals surface area contributed by atoms with Crippen molar-refractivity contribution in [2.45, 2.75) is 6.42 Å². The van der Waals surface area contributed by atoms with Crippen molar-refractivity contribution in [3.63, 3.8) is 0 Å². The van der Waals surface area contributed by atoms with E-state index in [0.717, 1.165) is 12.2 Å². The maximum Gasteiger partial charge on any atom is 0.141 e. The van der Waals surface area contributed by atoms with E-state index in [1.807, 2.05) is 6.07 Å². The molecule has 0 atom stereocenters. The first kappa shape index (κ1) is 4.79. The van der Waals surface area contributed by atoms with Crippen LogP contribution in [0.15, 0.2) is 18.5 Å². The highest BCUT2D eigenvalue weighted by Crippen LogP contribution is 2.24. The Labute approximate surface area is 53.5 Å². The first-order valence-corrected chi connectivity index (χ1v) is 2.88. The summed E-state index contributed by atoms with van der Waals surface area (Å²) in [5.41, 5.74) is 1.23. The smallest absolute Gasteiger partial charge is 0.141 e. The van der Waals surface area contributed by atoms with Gasteiger partial charge in [0, 0.05) is 18.2 Å². The van der Waals surface area contributed by atoms with Gasteiger partial charge in [-0.25, -0.2) is 0 Å². The van der Waals surface area contributed by atoms with Gasteiger partial charge in [0.05, 0.1) is 6.20 Å². The van der Waals surface area contributed by atoms with Crippen LogP contribution in [0.1, 0.15) is 5.56 Å². The number of aromatic nitrogens is 1. The van der Waals surface area contributed by atoms with Gasteiger partial charge >= 0.3 is 0 Å². The summed E-state index contributed by atoms with van der Waals surface area (Å²) in [5.74, 6) is 0.900. The van der Waals surface area contributed by atoms with Gasteiger partial charge in [-0.1, -0.05) is 0 Å². The predicted octanol–water partition coefficient (Wildman–Crippen LogP) is 1.18. The van der Waals surface area contributed by atoms with Gasteiger partial charge in [0.25, 0.3) is 0 Å². The van der Waals surface area contributed by atoms with Crippen molar-refractivity contribution in [1.82, 2.24) is 4.98 Å². The quantitative estimate of drug-likeness (QED) is 0.513. The summed E-state index contributed by atoms with van der Waals surface area (Å²) in [4.78, 5) is 3.91. The van der Waals surface area contributed by atoms with Gasteiger partial charge in [-0.15, -0.1) is 0 Å². The normalized spacial score (nSPS) is 14.7. The lowest BCUT2D eigenvalue weighted by Gasteiger charge is -1.92. The van der Waals surface area contributed by atoms with Gasteiger partial charge in [-0.3, -0.25) is 4.98 Å². The molecule has 1 aliphatic rings. The Bertz CT molecular complexity index is 199. The van der Waals surface area contributed by atoms with E-state index in [9.17, 15) is 0 Å². The van der Waals surface area contributed by atoms with Gasteiger partial charge in [0.15, 0.2) is 0 Å². The van der Waals surface area contributed by atoms with Crippen LogP contribution in [0.5, 0.6) is 5.75 Å². The average Bonchev–Trinajstić information content (AvgIpc) is 2.33. The minimum atomic E-state index is 0.900. The summed E-state index contributed by atoms with van der Waals surface area (Å²) in [5, 5.41) is 0. The van der Waals surface area contributed by atoms with Crippen molar-refractivity contribution in [3.8, 4) is 5.75 Å². The molecule has 1 aromatic heterocycles. The number of pyridine rings is 1. The van der Waals surface area contributed by atoms with E-state index in [2.05, 4.69) is 4.98 Å². The number of ether oxygens (including phenoxy) is 1. The van der Waals surface area contributed by atoms with Gasteiger partial charge in [0.2, 0.25) is 0 Å². The van der Waals surface area contributed by atoms with E-state index in [-0.39, 0.29) is 0 Å². The molecule has 2 heterocycles. The van der Waals surface area contributed by atoms with Crippen molar-refractivity contribution in [3.05, 3.63) is 30.6 Å². The molecule has 45 valence electrons. The average molecular weight is 120 g/mol. The molecule has 9 heavy (non-hydrogen) atoms. The minimum Gasteiger partial charge on any atom is -0.484 e. The first-order chi connectivity index (χ1) is 4.47. The Morgan fingerprint density at radius 3 is 3.44 bits per heavy atom. The molecule has 0 spiro atoms. The van der Waals surface area contributed by atoms with Crippen LogP contribution in [0.2, 0.25) is 0 Å². The van der Waals surface area contributed by atoms with Crippen LogP contribution >= 0.6 is 0 Å². The molecule has 0 saturated carbocycles. The predicted molar refractivity (Wildman–Crippen MR) is 32.9 cm³/mol. The third kappa shape index (κ3) is 0.669. The molecule has 2 nitrogen and oxygen atoms in total. The number of hydrogen-bond donors (Lipinski definition) is 0. The fourth-order valence-electron chi connectivity index (χ4n) is 0.905. The molecule has 0 amide bonds. The highest BCUT2D eigenvalue weighted by Gasteiger charge is 2.10. The molecular formula is C7H6NO. The largest absolute Gasteiger partial charge is 0.484 e. The Morgan fingerprint density at radius 2 is 2.56 bits per heavy atom. The van der Waals surface area contributed by atoms with Crippen molar-refractivity contribution >= 4 is 0 Å². The summed E-state index contributed by atoms with van der Waals surface area (Å²) >= 11 is 0. The van der Waals surface area contributed by atoms with Gasteiger partial charge in [0.1, 0.15) is 12.4 Å². The zero-order chi connectivity index (χ0) is 6.10.